The molecule has 0 spiro atoms. The van der Waals surface area contributed by atoms with Crippen molar-refractivity contribution in [2.75, 3.05) is 18.4 Å². The zero-order valence-corrected chi connectivity index (χ0v) is 17.9. The molecule has 29 heavy (non-hydrogen) atoms. The van der Waals surface area contributed by atoms with Crippen LogP contribution in [-0.4, -0.2) is 40.0 Å². The van der Waals surface area contributed by atoms with Gasteiger partial charge in [-0.3, -0.25) is 9.59 Å². The Hall–Kier alpha value is -2.28. The van der Waals surface area contributed by atoms with Gasteiger partial charge in [-0.15, -0.1) is 10.2 Å². The van der Waals surface area contributed by atoms with Crippen LogP contribution < -0.4 is 5.32 Å². The van der Waals surface area contributed by atoms with Gasteiger partial charge in [0.25, 0.3) is 0 Å². The molecule has 156 valence electrons. The normalized spacial score (nSPS) is 14.7. The summed E-state index contributed by atoms with van der Waals surface area (Å²) in [6, 6.07) is 10.1. The Morgan fingerprint density at radius 1 is 1.10 bits per heavy atom. The van der Waals surface area contributed by atoms with Gasteiger partial charge in [-0.1, -0.05) is 61.4 Å². The molecule has 2 aromatic rings. The number of anilines is 1. The molecule has 0 saturated carbocycles. The van der Waals surface area contributed by atoms with E-state index in [1.165, 1.54) is 29.7 Å². The van der Waals surface area contributed by atoms with Crippen LogP contribution in [0.2, 0.25) is 0 Å². The summed E-state index contributed by atoms with van der Waals surface area (Å²) in [6.45, 7) is 3.46. The Kier molecular flexibility index (Phi) is 8.16. The minimum atomic E-state index is -0.0689. The van der Waals surface area contributed by atoms with E-state index in [1.807, 2.05) is 35.2 Å². The molecule has 1 aromatic heterocycles. The second-order valence-corrected chi connectivity index (χ2v) is 8.65. The average molecular weight is 415 g/mol. The van der Waals surface area contributed by atoms with E-state index in [-0.39, 0.29) is 17.7 Å². The number of carbonyl (C=O) groups is 2. The van der Waals surface area contributed by atoms with Gasteiger partial charge in [-0.2, -0.15) is 0 Å². The van der Waals surface area contributed by atoms with E-state index in [4.69, 9.17) is 0 Å². The predicted octanol–water partition coefficient (Wildman–Crippen LogP) is 4.08. The van der Waals surface area contributed by atoms with Crippen LogP contribution in [0.5, 0.6) is 0 Å². The molecule has 0 aliphatic carbocycles. The molecule has 0 unspecified atom stereocenters. The van der Waals surface area contributed by atoms with E-state index in [9.17, 15) is 9.59 Å². The Bertz CT molecular complexity index is 785. The van der Waals surface area contributed by atoms with Crippen LogP contribution >= 0.6 is 11.3 Å². The van der Waals surface area contributed by atoms with E-state index in [0.29, 0.717) is 37.5 Å². The number of carbonyl (C=O) groups excluding carboxylic acids is 2. The second kappa shape index (κ2) is 11.0. The molecule has 1 saturated heterocycles. The fourth-order valence-corrected chi connectivity index (χ4v) is 4.37. The minimum Gasteiger partial charge on any atom is -0.343 e. The largest absolute Gasteiger partial charge is 0.343 e. The summed E-state index contributed by atoms with van der Waals surface area (Å²) in [5.41, 5.74) is 1.18. The highest BCUT2D eigenvalue weighted by atomic mass is 32.1. The third-order valence-corrected chi connectivity index (χ3v) is 6.28. The van der Waals surface area contributed by atoms with Crippen molar-refractivity contribution in [3.8, 4) is 0 Å². The van der Waals surface area contributed by atoms with Crippen LogP contribution in [0.25, 0.3) is 0 Å². The van der Waals surface area contributed by atoms with Crippen molar-refractivity contribution in [1.29, 1.82) is 0 Å². The fourth-order valence-electron chi connectivity index (χ4n) is 3.58. The maximum absolute atomic E-state index is 12.5. The second-order valence-electron chi connectivity index (χ2n) is 7.59. The van der Waals surface area contributed by atoms with Crippen molar-refractivity contribution in [3.63, 3.8) is 0 Å². The van der Waals surface area contributed by atoms with E-state index in [1.54, 1.807) is 0 Å². The molecule has 7 heteroatoms. The van der Waals surface area contributed by atoms with Crippen molar-refractivity contribution >= 4 is 28.3 Å². The maximum Gasteiger partial charge on any atom is 0.229 e. The van der Waals surface area contributed by atoms with Gasteiger partial charge in [0.1, 0.15) is 5.01 Å². The number of benzene rings is 1. The summed E-state index contributed by atoms with van der Waals surface area (Å²) < 4.78 is 0. The number of piperidine rings is 1. The molecule has 1 aliphatic rings. The SMILES string of the molecule is CCCCCc1nnc(NC(=O)C2CCN(C(=O)CCc3ccccc3)CC2)s1. The fraction of sp³-hybridized carbons (Fsp3) is 0.545. The van der Waals surface area contributed by atoms with Gasteiger partial charge in [-0.05, 0) is 31.2 Å². The quantitative estimate of drug-likeness (QED) is 0.627. The number of rotatable bonds is 9. The van der Waals surface area contributed by atoms with Crippen LogP contribution in [-0.2, 0) is 22.4 Å². The number of hydrogen-bond donors (Lipinski definition) is 1. The number of nitrogens with zero attached hydrogens (tertiary/aromatic N) is 3. The van der Waals surface area contributed by atoms with Gasteiger partial charge in [0.05, 0.1) is 0 Å². The Labute approximate surface area is 176 Å². The number of likely N-dealkylation sites (tertiary alicyclic amines) is 1. The predicted molar refractivity (Wildman–Crippen MR) is 116 cm³/mol. The first-order chi connectivity index (χ1) is 14.2. The highest BCUT2D eigenvalue weighted by Crippen LogP contribution is 2.22. The van der Waals surface area contributed by atoms with Crippen molar-refractivity contribution < 1.29 is 9.59 Å². The first kappa shape index (κ1) is 21.4. The smallest absolute Gasteiger partial charge is 0.229 e. The number of amides is 2. The van der Waals surface area contributed by atoms with Gasteiger partial charge >= 0.3 is 0 Å². The number of unbranched alkanes of at least 4 members (excludes halogenated alkanes) is 2. The standard InChI is InChI=1S/C22H30N4O2S/c1-2-3-5-10-19-24-25-22(29-19)23-21(28)18-13-15-26(16-14-18)20(27)12-11-17-8-6-4-7-9-17/h4,6-9,18H,2-3,5,10-16H2,1H3,(H,23,25,28). The summed E-state index contributed by atoms with van der Waals surface area (Å²) in [6.07, 6.45) is 7.07. The molecule has 3 rings (SSSR count). The van der Waals surface area contributed by atoms with E-state index < -0.39 is 0 Å². The van der Waals surface area contributed by atoms with E-state index >= 15 is 0 Å². The Morgan fingerprint density at radius 2 is 1.86 bits per heavy atom. The summed E-state index contributed by atoms with van der Waals surface area (Å²) in [7, 11) is 0. The third-order valence-electron chi connectivity index (χ3n) is 5.38. The lowest BCUT2D eigenvalue weighted by atomic mass is 9.95. The minimum absolute atomic E-state index is 0.00218. The molecule has 1 N–H and O–H groups in total. The lowest BCUT2D eigenvalue weighted by Crippen LogP contribution is -2.41. The zero-order chi connectivity index (χ0) is 20.5. The molecular formula is C22H30N4O2S. The van der Waals surface area contributed by atoms with Crippen LogP contribution in [0.15, 0.2) is 30.3 Å². The number of aryl methyl sites for hydroxylation is 2. The topological polar surface area (TPSA) is 75.2 Å². The summed E-state index contributed by atoms with van der Waals surface area (Å²) in [5.74, 6) is 0.104. The molecule has 6 nitrogen and oxygen atoms in total. The molecule has 1 aromatic carbocycles. The first-order valence-electron chi connectivity index (χ1n) is 10.6. The van der Waals surface area contributed by atoms with E-state index in [0.717, 1.165) is 24.3 Å². The van der Waals surface area contributed by atoms with Crippen molar-refractivity contribution in [1.82, 2.24) is 15.1 Å². The van der Waals surface area contributed by atoms with Gasteiger partial charge in [0.2, 0.25) is 16.9 Å². The average Bonchev–Trinajstić information content (AvgIpc) is 3.20. The van der Waals surface area contributed by atoms with Crippen LogP contribution in [0.4, 0.5) is 5.13 Å². The molecule has 0 radical (unpaired) electrons. The Morgan fingerprint density at radius 3 is 2.59 bits per heavy atom. The summed E-state index contributed by atoms with van der Waals surface area (Å²) in [5, 5.41) is 12.7. The molecular weight excluding hydrogens is 384 g/mol. The van der Waals surface area contributed by atoms with Gasteiger partial charge in [-0.25, -0.2) is 0 Å². The molecule has 2 heterocycles. The molecule has 1 aliphatic heterocycles. The third kappa shape index (κ3) is 6.63. The maximum atomic E-state index is 12.5. The van der Waals surface area contributed by atoms with Gasteiger partial charge in [0.15, 0.2) is 0 Å². The van der Waals surface area contributed by atoms with Crippen molar-refractivity contribution in [2.24, 2.45) is 5.92 Å². The zero-order valence-electron chi connectivity index (χ0n) is 17.1. The van der Waals surface area contributed by atoms with Crippen LogP contribution in [0, 0.1) is 5.92 Å². The van der Waals surface area contributed by atoms with Gasteiger partial charge < -0.3 is 10.2 Å². The van der Waals surface area contributed by atoms with Crippen LogP contribution in [0.3, 0.4) is 0 Å². The Balaban J connectivity index is 1.39. The lowest BCUT2D eigenvalue weighted by Gasteiger charge is -2.31. The number of aromatic nitrogens is 2. The highest BCUT2D eigenvalue weighted by molar-refractivity contribution is 7.15. The summed E-state index contributed by atoms with van der Waals surface area (Å²) in [4.78, 5) is 26.9. The van der Waals surface area contributed by atoms with E-state index in [2.05, 4.69) is 22.4 Å². The lowest BCUT2D eigenvalue weighted by molar-refractivity contribution is -0.134. The van der Waals surface area contributed by atoms with Gasteiger partial charge in [0, 0.05) is 31.8 Å². The molecule has 0 bridgehead atoms. The number of nitrogens with one attached hydrogen (secondary N) is 1. The highest BCUT2D eigenvalue weighted by Gasteiger charge is 2.27. The van der Waals surface area contributed by atoms with Crippen LogP contribution in [0.1, 0.15) is 56.0 Å². The first-order valence-corrected chi connectivity index (χ1v) is 11.4. The van der Waals surface area contributed by atoms with Crippen molar-refractivity contribution in [3.05, 3.63) is 40.9 Å². The number of hydrogen-bond acceptors (Lipinski definition) is 5. The molecule has 1 fully saturated rings. The monoisotopic (exact) mass is 414 g/mol. The summed E-state index contributed by atoms with van der Waals surface area (Å²) >= 11 is 1.47. The van der Waals surface area contributed by atoms with Crippen molar-refractivity contribution in [2.45, 2.75) is 58.3 Å². The molecule has 2 amide bonds. The molecule has 0 atom stereocenters.